The molecule has 2 aromatic carbocycles. The number of ether oxygens (including phenoxy) is 4. The van der Waals surface area contributed by atoms with Gasteiger partial charge < -0.3 is 23.8 Å². The summed E-state index contributed by atoms with van der Waals surface area (Å²) in [6.07, 6.45) is 0.876. The maximum Gasteiger partial charge on any atom is 0.414 e. The number of hydrogen-bond acceptors (Lipinski definition) is 10. The molecule has 0 bridgehead atoms. The first-order valence-electron chi connectivity index (χ1n) is 14.4. The predicted molar refractivity (Wildman–Crippen MR) is 155 cm³/mol. The number of methoxy groups -OCH3 is 1. The third kappa shape index (κ3) is 4.64. The van der Waals surface area contributed by atoms with Crippen LogP contribution in [0.1, 0.15) is 19.8 Å². The largest absolute Gasteiger partial charge is 0.497 e. The smallest absolute Gasteiger partial charge is 0.414 e. The van der Waals surface area contributed by atoms with Gasteiger partial charge in [0.1, 0.15) is 5.75 Å². The van der Waals surface area contributed by atoms with Crippen molar-refractivity contribution in [2.45, 2.75) is 25.4 Å². The highest BCUT2D eigenvalue weighted by Gasteiger charge is 2.65. The molecule has 0 radical (unpaired) electrons. The zero-order valence-corrected chi connectivity index (χ0v) is 23.9. The lowest BCUT2D eigenvalue weighted by Crippen LogP contribution is -2.74. The van der Waals surface area contributed by atoms with Gasteiger partial charge in [0.05, 0.1) is 45.1 Å². The summed E-state index contributed by atoms with van der Waals surface area (Å²) in [6.45, 7) is 5.22. The predicted octanol–water partition coefficient (Wildman–Crippen LogP) is 2.86. The third-order valence-electron chi connectivity index (χ3n) is 8.29. The number of nitrogens with zero attached hydrogens (tertiary/aromatic N) is 5. The molecule has 2 unspecified atom stereocenters. The van der Waals surface area contributed by atoms with Gasteiger partial charge in [-0.15, -0.1) is 0 Å². The van der Waals surface area contributed by atoms with Crippen molar-refractivity contribution in [3.8, 4) is 5.75 Å². The van der Waals surface area contributed by atoms with E-state index in [1.807, 2.05) is 48.5 Å². The van der Waals surface area contributed by atoms with Gasteiger partial charge in [-0.2, -0.15) is 5.10 Å². The van der Waals surface area contributed by atoms with Crippen LogP contribution in [0.15, 0.2) is 53.6 Å². The number of amides is 2. The number of esters is 1. The van der Waals surface area contributed by atoms with Gasteiger partial charge in [0.2, 0.25) is 5.66 Å². The van der Waals surface area contributed by atoms with E-state index in [4.69, 9.17) is 24.0 Å². The van der Waals surface area contributed by atoms with Crippen LogP contribution >= 0.6 is 0 Å². The second-order valence-electron chi connectivity index (χ2n) is 10.5. The molecule has 0 aromatic heterocycles. The molecule has 3 fully saturated rings. The number of piperidine rings is 1. The van der Waals surface area contributed by atoms with Crippen LogP contribution in [0.3, 0.4) is 0 Å². The Morgan fingerprint density at radius 1 is 0.929 bits per heavy atom. The molecular formula is C30H35N5O7. The van der Waals surface area contributed by atoms with Gasteiger partial charge in [0.15, 0.2) is 5.71 Å². The van der Waals surface area contributed by atoms with E-state index in [1.54, 1.807) is 28.8 Å². The van der Waals surface area contributed by atoms with Crippen LogP contribution in [-0.4, -0.2) is 94.0 Å². The highest BCUT2D eigenvalue weighted by Crippen LogP contribution is 2.47. The Kier molecular flexibility index (Phi) is 7.74. The van der Waals surface area contributed by atoms with E-state index >= 15 is 0 Å². The Hall–Kier alpha value is -4.16. The first-order chi connectivity index (χ1) is 20.5. The molecule has 12 heteroatoms. The normalized spacial score (nSPS) is 24.7. The van der Waals surface area contributed by atoms with Crippen molar-refractivity contribution in [3.63, 3.8) is 0 Å². The number of hydrazone groups is 1. The minimum Gasteiger partial charge on any atom is -0.497 e. The number of benzene rings is 2. The van der Waals surface area contributed by atoms with Crippen LogP contribution in [-0.2, 0) is 23.8 Å². The number of rotatable bonds is 7. The van der Waals surface area contributed by atoms with Crippen LogP contribution in [0.4, 0.5) is 21.9 Å². The Bertz CT molecular complexity index is 1360. The van der Waals surface area contributed by atoms with Crippen molar-refractivity contribution in [2.24, 2.45) is 11.0 Å². The quantitative estimate of drug-likeness (QED) is 0.459. The number of carbonyl (C=O) groups is 3. The minimum atomic E-state index is -1.31. The van der Waals surface area contributed by atoms with Crippen molar-refractivity contribution < 1.29 is 33.3 Å². The Balaban J connectivity index is 1.42. The molecule has 222 valence electrons. The summed E-state index contributed by atoms with van der Waals surface area (Å²) in [6, 6.07) is 14.7. The topological polar surface area (TPSA) is 113 Å². The summed E-state index contributed by atoms with van der Waals surface area (Å²) in [4.78, 5) is 46.0. The van der Waals surface area contributed by atoms with E-state index in [9.17, 15) is 14.4 Å². The average Bonchev–Trinajstić information content (AvgIpc) is 3.39. The monoisotopic (exact) mass is 577 g/mol. The molecule has 0 aliphatic carbocycles. The molecule has 0 N–H and O–H groups in total. The first kappa shape index (κ1) is 28.0. The van der Waals surface area contributed by atoms with Gasteiger partial charge in [-0.1, -0.05) is 0 Å². The Morgan fingerprint density at radius 3 is 2.24 bits per heavy atom. The second-order valence-corrected chi connectivity index (χ2v) is 10.5. The number of cyclic esters (lactones) is 1. The zero-order chi connectivity index (χ0) is 29.3. The van der Waals surface area contributed by atoms with Gasteiger partial charge in [0, 0.05) is 37.6 Å². The van der Waals surface area contributed by atoms with Crippen LogP contribution in [0.5, 0.6) is 5.75 Å². The standard InChI is InChI=1S/C30H35N5O7/c1-3-41-27(36)26-25-13-15-33(21-5-7-22(8-6-21)34-14-4-18-42-29(34)38)28(37)30(25,32-16-19-40-20-17-32)35(31-26)23-9-11-24(39-2)12-10-23/h5-12,25H,3-4,13-20H2,1-2H3. The molecule has 4 heterocycles. The third-order valence-corrected chi connectivity index (χ3v) is 8.29. The second kappa shape index (κ2) is 11.6. The fourth-order valence-corrected chi connectivity index (χ4v) is 6.33. The maximum absolute atomic E-state index is 15.0. The molecule has 6 rings (SSSR count). The van der Waals surface area contributed by atoms with E-state index in [0.29, 0.717) is 75.2 Å². The molecule has 4 aliphatic heterocycles. The maximum atomic E-state index is 15.0. The van der Waals surface area contributed by atoms with Crippen molar-refractivity contribution >= 4 is 40.7 Å². The Morgan fingerprint density at radius 2 is 1.60 bits per heavy atom. The SMILES string of the molecule is CCOC(=O)C1=NN(c2ccc(OC)cc2)C2(N3CCOCC3)C(=O)N(c3ccc(N4CCCOC4=O)cc3)CCC12. The average molecular weight is 578 g/mol. The molecule has 3 saturated heterocycles. The summed E-state index contributed by atoms with van der Waals surface area (Å²) in [7, 11) is 1.59. The lowest BCUT2D eigenvalue weighted by molar-refractivity contribution is -0.140. The van der Waals surface area contributed by atoms with Crippen molar-refractivity contribution in [2.75, 3.05) is 74.5 Å². The summed E-state index contributed by atoms with van der Waals surface area (Å²) in [5.41, 5.74) is 0.988. The molecule has 2 aromatic rings. The number of morpholine rings is 1. The van der Waals surface area contributed by atoms with E-state index in [2.05, 4.69) is 4.90 Å². The van der Waals surface area contributed by atoms with Crippen molar-refractivity contribution in [1.29, 1.82) is 0 Å². The van der Waals surface area contributed by atoms with Gasteiger partial charge in [0.25, 0.3) is 5.91 Å². The van der Waals surface area contributed by atoms with Gasteiger partial charge >= 0.3 is 12.1 Å². The summed E-state index contributed by atoms with van der Waals surface area (Å²) >= 11 is 0. The minimum absolute atomic E-state index is 0.190. The number of fused-ring (bicyclic) bond motifs is 1. The van der Waals surface area contributed by atoms with E-state index in [-0.39, 0.29) is 24.3 Å². The summed E-state index contributed by atoms with van der Waals surface area (Å²) in [5.74, 6) is -0.568. The highest BCUT2D eigenvalue weighted by molar-refractivity contribution is 6.40. The number of carbonyl (C=O) groups excluding carboxylic acids is 3. The summed E-state index contributed by atoms with van der Waals surface area (Å²) < 4.78 is 21.7. The van der Waals surface area contributed by atoms with E-state index in [0.717, 1.165) is 6.42 Å². The fraction of sp³-hybridized carbons (Fsp3) is 0.467. The molecule has 2 atom stereocenters. The molecule has 12 nitrogen and oxygen atoms in total. The molecule has 0 spiro atoms. The van der Waals surface area contributed by atoms with Crippen molar-refractivity contribution in [1.82, 2.24) is 4.90 Å². The van der Waals surface area contributed by atoms with Crippen LogP contribution in [0, 0.1) is 5.92 Å². The molecule has 42 heavy (non-hydrogen) atoms. The van der Waals surface area contributed by atoms with Gasteiger partial charge in [-0.25, -0.2) is 14.6 Å². The van der Waals surface area contributed by atoms with E-state index in [1.165, 1.54) is 0 Å². The van der Waals surface area contributed by atoms with Crippen molar-refractivity contribution in [3.05, 3.63) is 48.5 Å². The molecule has 4 aliphatic rings. The summed E-state index contributed by atoms with van der Waals surface area (Å²) in [5, 5.41) is 6.53. The first-order valence-corrected chi connectivity index (χ1v) is 14.4. The van der Waals surface area contributed by atoms with Crippen LogP contribution < -0.4 is 19.5 Å². The fourth-order valence-electron chi connectivity index (χ4n) is 6.33. The lowest BCUT2D eigenvalue weighted by Gasteiger charge is -2.53. The Labute approximate surface area is 244 Å². The van der Waals surface area contributed by atoms with Gasteiger partial charge in [-0.3, -0.25) is 14.6 Å². The van der Waals surface area contributed by atoms with Gasteiger partial charge in [-0.05, 0) is 68.3 Å². The zero-order valence-electron chi connectivity index (χ0n) is 23.9. The molecular weight excluding hydrogens is 542 g/mol. The highest BCUT2D eigenvalue weighted by atomic mass is 16.6. The molecule has 0 saturated carbocycles. The number of anilines is 3. The van der Waals surface area contributed by atoms with Crippen LogP contribution in [0.25, 0.3) is 0 Å². The molecule has 2 amide bonds. The van der Waals surface area contributed by atoms with E-state index < -0.39 is 17.6 Å². The number of hydrogen-bond donors (Lipinski definition) is 0. The lowest BCUT2D eigenvalue weighted by atomic mass is 9.79. The van der Waals surface area contributed by atoms with Crippen LogP contribution in [0.2, 0.25) is 0 Å².